The quantitative estimate of drug-likeness (QED) is 0.790. The maximum atomic E-state index is 6.31. The topological polar surface area (TPSA) is 52.0 Å². The Balaban J connectivity index is 2.07. The molecule has 2 nitrogen and oxygen atoms in total. The van der Waals surface area contributed by atoms with Crippen molar-refractivity contribution in [1.82, 2.24) is 0 Å². The van der Waals surface area contributed by atoms with Gasteiger partial charge in [-0.05, 0) is 37.1 Å². The lowest BCUT2D eigenvalue weighted by atomic mass is 9.91. The third-order valence-corrected chi connectivity index (χ3v) is 4.59. The molecule has 2 rings (SSSR count). The fraction of sp³-hybridized carbons (Fsp3) is 0.571. The van der Waals surface area contributed by atoms with Gasteiger partial charge >= 0.3 is 0 Å². The molecule has 1 aromatic rings. The Kier molecular flexibility index (Phi) is 3.81. The molecular formula is C14H22N2S. The second-order valence-corrected chi connectivity index (χ2v) is 6.93. The molecule has 1 aromatic carbocycles. The molecule has 0 aliphatic heterocycles. The van der Waals surface area contributed by atoms with Gasteiger partial charge in [-0.2, -0.15) is 0 Å². The minimum atomic E-state index is 0.102. The monoisotopic (exact) mass is 250 g/mol. The van der Waals surface area contributed by atoms with Crippen LogP contribution in [0.2, 0.25) is 0 Å². The summed E-state index contributed by atoms with van der Waals surface area (Å²) >= 11 is 1.88. The molecule has 0 aromatic heterocycles. The Hall–Kier alpha value is -0.510. The second-order valence-electron chi connectivity index (χ2n) is 5.28. The van der Waals surface area contributed by atoms with Crippen molar-refractivity contribution in [3.05, 3.63) is 29.8 Å². The van der Waals surface area contributed by atoms with E-state index in [-0.39, 0.29) is 11.5 Å². The van der Waals surface area contributed by atoms with Crippen molar-refractivity contribution in [2.24, 2.45) is 16.9 Å². The third kappa shape index (κ3) is 2.84. The molecule has 1 atom stereocenters. The van der Waals surface area contributed by atoms with Gasteiger partial charge in [0.15, 0.2) is 0 Å². The Morgan fingerprint density at radius 3 is 2.24 bits per heavy atom. The fourth-order valence-corrected chi connectivity index (χ4v) is 3.02. The van der Waals surface area contributed by atoms with Crippen LogP contribution in [0, 0.1) is 5.41 Å². The first-order valence-corrected chi connectivity index (χ1v) is 7.18. The Morgan fingerprint density at radius 1 is 1.24 bits per heavy atom. The molecule has 0 saturated heterocycles. The van der Waals surface area contributed by atoms with Crippen molar-refractivity contribution in [3.8, 4) is 0 Å². The molecule has 4 N–H and O–H groups in total. The first-order chi connectivity index (χ1) is 8.07. The summed E-state index contributed by atoms with van der Waals surface area (Å²) in [6.45, 7) is 5.12. The van der Waals surface area contributed by atoms with Gasteiger partial charge in [0.2, 0.25) is 0 Å². The summed E-state index contributed by atoms with van der Waals surface area (Å²) in [5.74, 6) is 0. The Bertz CT molecular complexity index is 368. The Morgan fingerprint density at radius 2 is 1.82 bits per heavy atom. The lowest BCUT2D eigenvalue weighted by Gasteiger charge is -2.22. The van der Waals surface area contributed by atoms with Gasteiger partial charge in [-0.3, -0.25) is 0 Å². The highest BCUT2D eigenvalue weighted by Crippen LogP contribution is 2.52. The van der Waals surface area contributed by atoms with Gasteiger partial charge in [-0.25, -0.2) is 0 Å². The van der Waals surface area contributed by atoms with Crippen molar-refractivity contribution < 1.29 is 0 Å². The molecule has 1 aliphatic carbocycles. The van der Waals surface area contributed by atoms with E-state index < -0.39 is 0 Å². The van der Waals surface area contributed by atoms with E-state index in [4.69, 9.17) is 11.5 Å². The largest absolute Gasteiger partial charge is 0.330 e. The highest BCUT2D eigenvalue weighted by molar-refractivity contribution is 7.99. The molecule has 1 unspecified atom stereocenters. The van der Waals surface area contributed by atoms with Gasteiger partial charge in [-0.15, -0.1) is 11.8 Å². The number of nitrogens with two attached hydrogens (primary N) is 2. The first kappa shape index (κ1) is 12.9. The molecule has 1 fully saturated rings. The zero-order valence-corrected chi connectivity index (χ0v) is 11.5. The van der Waals surface area contributed by atoms with E-state index >= 15 is 0 Å². The molecule has 3 heteroatoms. The average molecular weight is 250 g/mol. The molecule has 0 heterocycles. The van der Waals surface area contributed by atoms with Crippen LogP contribution in [-0.4, -0.2) is 11.8 Å². The van der Waals surface area contributed by atoms with Crippen LogP contribution in [-0.2, 0) is 0 Å². The Labute approximate surface area is 108 Å². The van der Waals surface area contributed by atoms with Crippen LogP contribution < -0.4 is 11.5 Å². The molecular weight excluding hydrogens is 228 g/mol. The average Bonchev–Trinajstić information content (AvgIpc) is 3.09. The van der Waals surface area contributed by atoms with E-state index in [1.54, 1.807) is 0 Å². The van der Waals surface area contributed by atoms with Crippen LogP contribution in [0.5, 0.6) is 0 Å². The SMILES string of the molecule is CC(C)Sc1ccc(C(N)C2(CN)CC2)cc1. The normalized spacial score (nSPS) is 19.4. The first-order valence-electron chi connectivity index (χ1n) is 6.30. The van der Waals surface area contributed by atoms with E-state index in [1.165, 1.54) is 23.3 Å². The summed E-state index contributed by atoms with van der Waals surface area (Å²) in [7, 11) is 0. The van der Waals surface area contributed by atoms with Crippen molar-refractivity contribution in [2.75, 3.05) is 6.54 Å². The van der Waals surface area contributed by atoms with Gasteiger partial charge in [0.1, 0.15) is 0 Å². The predicted molar refractivity (Wildman–Crippen MR) is 75.1 cm³/mol. The summed E-state index contributed by atoms with van der Waals surface area (Å²) in [4.78, 5) is 1.31. The maximum Gasteiger partial charge on any atom is 0.0364 e. The zero-order chi connectivity index (χ0) is 12.5. The van der Waals surface area contributed by atoms with Crippen LogP contribution in [0.1, 0.15) is 38.3 Å². The number of rotatable bonds is 5. The van der Waals surface area contributed by atoms with Crippen molar-refractivity contribution in [1.29, 1.82) is 0 Å². The molecule has 94 valence electrons. The van der Waals surface area contributed by atoms with Crippen LogP contribution >= 0.6 is 11.8 Å². The summed E-state index contributed by atoms with van der Waals surface area (Å²) < 4.78 is 0. The second kappa shape index (κ2) is 5.01. The number of benzene rings is 1. The molecule has 17 heavy (non-hydrogen) atoms. The van der Waals surface area contributed by atoms with Crippen LogP contribution in [0.4, 0.5) is 0 Å². The molecule has 0 amide bonds. The lowest BCUT2D eigenvalue weighted by Crippen LogP contribution is -2.29. The summed E-state index contributed by atoms with van der Waals surface area (Å²) in [6.07, 6.45) is 2.35. The molecule has 1 aliphatic rings. The van der Waals surface area contributed by atoms with E-state index in [0.29, 0.717) is 11.8 Å². The number of hydrogen-bond acceptors (Lipinski definition) is 3. The van der Waals surface area contributed by atoms with E-state index in [1.807, 2.05) is 11.8 Å². The number of hydrogen-bond donors (Lipinski definition) is 2. The highest BCUT2D eigenvalue weighted by atomic mass is 32.2. The minimum Gasteiger partial charge on any atom is -0.330 e. The van der Waals surface area contributed by atoms with Crippen molar-refractivity contribution in [2.45, 2.75) is 42.9 Å². The molecule has 0 spiro atoms. The third-order valence-electron chi connectivity index (χ3n) is 3.57. The van der Waals surface area contributed by atoms with Gasteiger partial charge in [-0.1, -0.05) is 26.0 Å². The summed E-state index contributed by atoms with van der Waals surface area (Å²) in [5.41, 5.74) is 13.5. The van der Waals surface area contributed by atoms with Crippen LogP contribution in [0.15, 0.2) is 29.2 Å². The van der Waals surface area contributed by atoms with E-state index in [0.717, 1.165) is 0 Å². The maximum absolute atomic E-state index is 6.31. The highest BCUT2D eigenvalue weighted by Gasteiger charge is 2.46. The van der Waals surface area contributed by atoms with Crippen LogP contribution in [0.25, 0.3) is 0 Å². The predicted octanol–water partition coefficient (Wildman–Crippen LogP) is 2.93. The van der Waals surface area contributed by atoms with E-state index in [2.05, 4.69) is 38.1 Å². The fourth-order valence-electron chi connectivity index (χ4n) is 2.18. The molecule has 0 radical (unpaired) electrons. The smallest absolute Gasteiger partial charge is 0.0364 e. The van der Waals surface area contributed by atoms with Gasteiger partial charge < -0.3 is 11.5 Å². The number of thioether (sulfide) groups is 1. The summed E-state index contributed by atoms with van der Waals surface area (Å²) in [6, 6.07) is 8.76. The van der Waals surface area contributed by atoms with Gasteiger partial charge in [0.25, 0.3) is 0 Å². The van der Waals surface area contributed by atoms with E-state index in [9.17, 15) is 0 Å². The van der Waals surface area contributed by atoms with Gasteiger partial charge in [0.05, 0.1) is 0 Å². The van der Waals surface area contributed by atoms with Crippen LogP contribution in [0.3, 0.4) is 0 Å². The van der Waals surface area contributed by atoms with Crippen molar-refractivity contribution in [3.63, 3.8) is 0 Å². The molecule has 1 saturated carbocycles. The molecule has 0 bridgehead atoms. The minimum absolute atomic E-state index is 0.102. The lowest BCUT2D eigenvalue weighted by molar-refractivity contribution is 0.419. The standard InChI is InChI=1S/C14H22N2S/c1-10(2)17-12-5-3-11(4-6-12)13(16)14(9-15)7-8-14/h3-6,10,13H,7-9,15-16H2,1-2H3. The zero-order valence-electron chi connectivity index (χ0n) is 10.6. The summed E-state index contributed by atoms with van der Waals surface area (Å²) in [5, 5.41) is 0.619. The van der Waals surface area contributed by atoms with Gasteiger partial charge in [0, 0.05) is 21.6 Å². The van der Waals surface area contributed by atoms with Crippen molar-refractivity contribution >= 4 is 11.8 Å².